The summed E-state index contributed by atoms with van der Waals surface area (Å²) in [6.45, 7) is 3.42. The van der Waals surface area contributed by atoms with Crippen molar-refractivity contribution < 1.29 is 19.4 Å². The van der Waals surface area contributed by atoms with Crippen LogP contribution in [0.3, 0.4) is 0 Å². The standard InChI is InChI=1S/C17H17NO4/c1-11-7-9-13(10-8-11)18-16(20)12(2)22-17(21)14-5-3-4-6-15(14)19/h3-10,12,19H,1-2H3,(H,18,20). The molecule has 0 fully saturated rings. The highest BCUT2D eigenvalue weighted by Gasteiger charge is 2.20. The summed E-state index contributed by atoms with van der Waals surface area (Å²) in [5.74, 6) is -1.36. The normalized spacial score (nSPS) is 11.5. The van der Waals surface area contributed by atoms with Crippen molar-refractivity contribution in [3.05, 3.63) is 59.7 Å². The van der Waals surface area contributed by atoms with Crippen molar-refractivity contribution in [1.29, 1.82) is 0 Å². The Labute approximate surface area is 128 Å². The maximum absolute atomic E-state index is 12.0. The van der Waals surface area contributed by atoms with Crippen LogP contribution < -0.4 is 5.32 Å². The van der Waals surface area contributed by atoms with Gasteiger partial charge in [-0.1, -0.05) is 29.8 Å². The van der Waals surface area contributed by atoms with Gasteiger partial charge in [0.15, 0.2) is 6.10 Å². The van der Waals surface area contributed by atoms with Gasteiger partial charge in [0.05, 0.1) is 0 Å². The fraction of sp³-hybridized carbons (Fsp3) is 0.176. The number of rotatable bonds is 4. The van der Waals surface area contributed by atoms with Crippen LogP contribution in [-0.2, 0) is 9.53 Å². The molecular weight excluding hydrogens is 282 g/mol. The first-order valence-corrected chi connectivity index (χ1v) is 6.84. The molecule has 5 heteroatoms. The quantitative estimate of drug-likeness (QED) is 0.851. The van der Waals surface area contributed by atoms with E-state index in [1.165, 1.54) is 19.1 Å². The Morgan fingerprint density at radius 3 is 2.36 bits per heavy atom. The topological polar surface area (TPSA) is 75.6 Å². The molecule has 0 radical (unpaired) electrons. The maximum atomic E-state index is 12.0. The molecule has 1 amide bonds. The summed E-state index contributed by atoms with van der Waals surface area (Å²) in [6.07, 6.45) is -0.978. The Hall–Kier alpha value is -2.82. The second kappa shape index (κ2) is 6.76. The van der Waals surface area contributed by atoms with E-state index in [9.17, 15) is 14.7 Å². The lowest BCUT2D eigenvalue weighted by atomic mass is 10.2. The van der Waals surface area contributed by atoms with E-state index in [1.54, 1.807) is 24.3 Å². The number of phenolic OH excluding ortho intramolecular Hbond substituents is 1. The van der Waals surface area contributed by atoms with Crippen molar-refractivity contribution in [1.82, 2.24) is 0 Å². The molecule has 0 saturated carbocycles. The molecule has 0 saturated heterocycles. The number of anilines is 1. The third kappa shape index (κ3) is 3.85. The third-order valence-corrected chi connectivity index (χ3v) is 3.10. The molecule has 2 aromatic carbocycles. The van der Waals surface area contributed by atoms with Gasteiger partial charge in [-0.2, -0.15) is 0 Å². The maximum Gasteiger partial charge on any atom is 0.342 e. The van der Waals surface area contributed by atoms with E-state index >= 15 is 0 Å². The van der Waals surface area contributed by atoms with E-state index in [4.69, 9.17) is 4.74 Å². The Bertz CT molecular complexity index is 679. The summed E-state index contributed by atoms with van der Waals surface area (Å²) in [6, 6.07) is 13.3. The summed E-state index contributed by atoms with van der Waals surface area (Å²) in [7, 11) is 0. The Morgan fingerprint density at radius 2 is 1.73 bits per heavy atom. The van der Waals surface area contributed by atoms with Crippen molar-refractivity contribution in [2.24, 2.45) is 0 Å². The second-order valence-electron chi connectivity index (χ2n) is 4.92. The number of hydrogen-bond donors (Lipinski definition) is 2. The molecule has 0 aromatic heterocycles. The molecule has 1 atom stereocenters. The molecule has 0 bridgehead atoms. The average molecular weight is 299 g/mol. The molecule has 1 unspecified atom stereocenters. The minimum absolute atomic E-state index is 0.0254. The number of amides is 1. The number of aromatic hydroxyl groups is 1. The van der Waals surface area contributed by atoms with Gasteiger partial charge in [0, 0.05) is 5.69 Å². The van der Waals surface area contributed by atoms with Crippen molar-refractivity contribution in [2.75, 3.05) is 5.32 Å². The molecule has 0 aliphatic rings. The largest absolute Gasteiger partial charge is 0.507 e. The molecule has 22 heavy (non-hydrogen) atoms. The Morgan fingerprint density at radius 1 is 1.09 bits per heavy atom. The van der Waals surface area contributed by atoms with Crippen LogP contribution in [0.4, 0.5) is 5.69 Å². The highest BCUT2D eigenvalue weighted by atomic mass is 16.5. The first kappa shape index (κ1) is 15.6. The van der Waals surface area contributed by atoms with Gasteiger partial charge >= 0.3 is 5.97 Å². The SMILES string of the molecule is Cc1ccc(NC(=O)C(C)OC(=O)c2ccccc2O)cc1. The summed E-state index contributed by atoms with van der Waals surface area (Å²) in [4.78, 5) is 23.9. The fourth-order valence-electron chi connectivity index (χ4n) is 1.80. The van der Waals surface area contributed by atoms with E-state index in [-0.39, 0.29) is 11.3 Å². The lowest BCUT2D eigenvalue weighted by Gasteiger charge is -2.14. The summed E-state index contributed by atoms with van der Waals surface area (Å²) < 4.78 is 5.06. The van der Waals surface area contributed by atoms with Crippen LogP contribution in [0.15, 0.2) is 48.5 Å². The number of benzene rings is 2. The zero-order chi connectivity index (χ0) is 16.1. The number of para-hydroxylation sites is 1. The molecule has 2 rings (SSSR count). The minimum atomic E-state index is -0.978. The summed E-state index contributed by atoms with van der Waals surface area (Å²) in [5, 5.41) is 12.3. The van der Waals surface area contributed by atoms with Crippen LogP contribution >= 0.6 is 0 Å². The predicted octanol–water partition coefficient (Wildman–Crippen LogP) is 2.88. The first-order valence-electron chi connectivity index (χ1n) is 6.84. The van der Waals surface area contributed by atoms with Gasteiger partial charge in [0.1, 0.15) is 11.3 Å². The monoisotopic (exact) mass is 299 g/mol. The number of hydrogen-bond acceptors (Lipinski definition) is 4. The predicted molar refractivity (Wildman–Crippen MR) is 82.8 cm³/mol. The average Bonchev–Trinajstić information content (AvgIpc) is 2.49. The molecule has 0 aliphatic heterocycles. The molecule has 2 aromatic rings. The van der Waals surface area contributed by atoms with Crippen molar-refractivity contribution in [3.63, 3.8) is 0 Å². The van der Waals surface area contributed by atoms with Crippen LogP contribution in [-0.4, -0.2) is 23.1 Å². The van der Waals surface area contributed by atoms with Crippen molar-refractivity contribution >= 4 is 17.6 Å². The van der Waals surface area contributed by atoms with Crippen LogP contribution in [0.5, 0.6) is 5.75 Å². The molecule has 114 valence electrons. The van der Waals surface area contributed by atoms with Gasteiger partial charge in [-0.25, -0.2) is 4.79 Å². The number of ether oxygens (including phenoxy) is 1. The minimum Gasteiger partial charge on any atom is -0.507 e. The third-order valence-electron chi connectivity index (χ3n) is 3.10. The van der Waals surface area contributed by atoms with Gasteiger partial charge in [0.2, 0.25) is 0 Å². The van der Waals surface area contributed by atoms with Crippen molar-refractivity contribution in [2.45, 2.75) is 20.0 Å². The number of carbonyl (C=O) groups excluding carboxylic acids is 2. The fourth-order valence-corrected chi connectivity index (χ4v) is 1.80. The molecule has 0 spiro atoms. The number of phenols is 1. The summed E-state index contributed by atoms with van der Waals surface area (Å²) >= 11 is 0. The van der Waals surface area contributed by atoms with Crippen LogP contribution in [0.2, 0.25) is 0 Å². The number of aryl methyl sites for hydroxylation is 1. The van der Waals surface area contributed by atoms with Crippen LogP contribution in [0.25, 0.3) is 0 Å². The van der Waals surface area contributed by atoms with Gasteiger partial charge < -0.3 is 15.2 Å². The second-order valence-corrected chi connectivity index (χ2v) is 4.92. The van der Waals surface area contributed by atoms with E-state index in [0.717, 1.165) is 5.56 Å². The van der Waals surface area contributed by atoms with Crippen molar-refractivity contribution in [3.8, 4) is 5.75 Å². The summed E-state index contributed by atoms with van der Waals surface area (Å²) in [5.41, 5.74) is 1.73. The molecule has 0 aliphatic carbocycles. The molecular formula is C17H17NO4. The van der Waals surface area contributed by atoms with Gasteiger partial charge in [-0.3, -0.25) is 4.79 Å². The molecule has 5 nitrogen and oxygen atoms in total. The highest BCUT2D eigenvalue weighted by molar-refractivity contribution is 5.98. The Kier molecular flexibility index (Phi) is 4.78. The Balaban J connectivity index is 1.98. The smallest absolute Gasteiger partial charge is 0.342 e. The zero-order valence-electron chi connectivity index (χ0n) is 12.4. The highest BCUT2D eigenvalue weighted by Crippen LogP contribution is 2.17. The number of carbonyl (C=O) groups is 2. The number of esters is 1. The van der Waals surface area contributed by atoms with Gasteiger partial charge in [-0.05, 0) is 38.1 Å². The zero-order valence-corrected chi connectivity index (χ0v) is 12.4. The van der Waals surface area contributed by atoms with E-state index in [0.29, 0.717) is 5.69 Å². The van der Waals surface area contributed by atoms with Crippen LogP contribution in [0.1, 0.15) is 22.8 Å². The van der Waals surface area contributed by atoms with Gasteiger partial charge in [0.25, 0.3) is 5.91 Å². The lowest BCUT2D eigenvalue weighted by molar-refractivity contribution is -0.123. The first-order chi connectivity index (χ1) is 10.5. The molecule has 0 heterocycles. The van der Waals surface area contributed by atoms with Crippen LogP contribution in [0, 0.1) is 6.92 Å². The number of nitrogens with one attached hydrogen (secondary N) is 1. The van der Waals surface area contributed by atoms with E-state index < -0.39 is 18.0 Å². The molecule has 2 N–H and O–H groups in total. The van der Waals surface area contributed by atoms with Gasteiger partial charge in [-0.15, -0.1) is 0 Å². The lowest BCUT2D eigenvalue weighted by Crippen LogP contribution is -2.30. The van der Waals surface area contributed by atoms with E-state index in [1.807, 2.05) is 19.1 Å². The van der Waals surface area contributed by atoms with E-state index in [2.05, 4.69) is 5.32 Å².